The number of methoxy groups -OCH3 is 1. The van der Waals surface area contributed by atoms with Gasteiger partial charge in [0.2, 0.25) is 5.91 Å². The summed E-state index contributed by atoms with van der Waals surface area (Å²) in [5.74, 6) is 1.63. The Kier molecular flexibility index (Phi) is 4.09. The van der Waals surface area contributed by atoms with E-state index < -0.39 is 5.41 Å². The molecule has 1 amide bonds. The van der Waals surface area contributed by atoms with Crippen LogP contribution >= 0.6 is 0 Å². The quantitative estimate of drug-likeness (QED) is 0.815. The molecule has 0 unspecified atom stereocenters. The Hall–Kier alpha value is -2.57. The highest BCUT2D eigenvalue weighted by Gasteiger charge is 2.53. The average molecular weight is 356 g/mol. The third-order valence-corrected chi connectivity index (χ3v) is 5.45. The molecule has 7 heteroatoms. The van der Waals surface area contributed by atoms with Gasteiger partial charge in [0, 0.05) is 19.6 Å². The van der Waals surface area contributed by atoms with Crippen LogP contribution in [0.25, 0.3) is 0 Å². The van der Waals surface area contributed by atoms with E-state index in [2.05, 4.69) is 5.10 Å². The van der Waals surface area contributed by atoms with Crippen LogP contribution in [0.4, 0.5) is 0 Å². The highest BCUT2D eigenvalue weighted by atomic mass is 16.5. The SMILES string of the molecule is CCCn1nc2n(c1=O)CCN(C(=O)C1(c3ccc(OC)cc3)CC1)C2. The molecule has 0 saturated heterocycles. The number of amides is 1. The van der Waals surface area contributed by atoms with Crippen LogP contribution in [0.3, 0.4) is 0 Å². The van der Waals surface area contributed by atoms with Crippen LogP contribution in [0, 0.1) is 0 Å². The first-order chi connectivity index (χ1) is 12.6. The second-order valence-electron chi connectivity index (χ2n) is 7.11. The van der Waals surface area contributed by atoms with Crippen molar-refractivity contribution in [3.8, 4) is 5.75 Å². The number of rotatable bonds is 5. The molecule has 0 atom stereocenters. The number of carbonyl (C=O) groups excluding carboxylic acids is 1. The molecule has 1 aromatic heterocycles. The molecule has 0 radical (unpaired) electrons. The first-order valence-corrected chi connectivity index (χ1v) is 9.19. The van der Waals surface area contributed by atoms with Gasteiger partial charge in [-0.05, 0) is 37.0 Å². The summed E-state index contributed by atoms with van der Waals surface area (Å²) in [5, 5.41) is 4.43. The maximum absolute atomic E-state index is 13.2. The minimum atomic E-state index is -0.416. The molecule has 2 aromatic rings. The van der Waals surface area contributed by atoms with Crippen molar-refractivity contribution < 1.29 is 9.53 Å². The van der Waals surface area contributed by atoms with Crippen LogP contribution in [0.15, 0.2) is 29.1 Å². The summed E-state index contributed by atoms with van der Waals surface area (Å²) in [6, 6.07) is 7.78. The Labute approximate surface area is 152 Å². The summed E-state index contributed by atoms with van der Waals surface area (Å²) in [7, 11) is 1.64. The minimum absolute atomic E-state index is 0.0646. The van der Waals surface area contributed by atoms with Crippen molar-refractivity contribution in [2.75, 3.05) is 13.7 Å². The molecule has 2 heterocycles. The lowest BCUT2D eigenvalue weighted by molar-refractivity contribution is -0.135. The van der Waals surface area contributed by atoms with Crippen LogP contribution in [-0.4, -0.2) is 38.8 Å². The van der Waals surface area contributed by atoms with Gasteiger partial charge < -0.3 is 9.64 Å². The van der Waals surface area contributed by atoms with Crippen LogP contribution in [-0.2, 0) is 29.8 Å². The van der Waals surface area contributed by atoms with Gasteiger partial charge in [0.15, 0.2) is 5.82 Å². The number of ether oxygens (including phenoxy) is 1. The highest BCUT2D eigenvalue weighted by molar-refractivity contribution is 5.91. The van der Waals surface area contributed by atoms with Crippen molar-refractivity contribution in [3.63, 3.8) is 0 Å². The third kappa shape index (κ3) is 2.62. The van der Waals surface area contributed by atoms with Crippen molar-refractivity contribution in [2.45, 2.75) is 51.2 Å². The van der Waals surface area contributed by atoms with Crippen molar-refractivity contribution in [1.82, 2.24) is 19.2 Å². The second-order valence-corrected chi connectivity index (χ2v) is 7.11. The lowest BCUT2D eigenvalue weighted by Gasteiger charge is -2.30. The van der Waals surface area contributed by atoms with E-state index in [9.17, 15) is 9.59 Å². The Morgan fingerprint density at radius 2 is 1.96 bits per heavy atom. The molecule has 1 fully saturated rings. The van der Waals surface area contributed by atoms with Crippen LogP contribution in [0.2, 0.25) is 0 Å². The summed E-state index contributed by atoms with van der Waals surface area (Å²) >= 11 is 0. The fraction of sp³-hybridized carbons (Fsp3) is 0.526. The molecule has 1 saturated carbocycles. The Morgan fingerprint density at radius 1 is 1.23 bits per heavy atom. The zero-order valence-corrected chi connectivity index (χ0v) is 15.3. The third-order valence-electron chi connectivity index (χ3n) is 5.45. The number of aryl methyl sites for hydroxylation is 1. The van der Waals surface area contributed by atoms with Crippen molar-refractivity contribution in [2.24, 2.45) is 0 Å². The maximum Gasteiger partial charge on any atom is 0.346 e. The van der Waals surface area contributed by atoms with Gasteiger partial charge in [-0.15, -0.1) is 0 Å². The van der Waals surface area contributed by atoms with Gasteiger partial charge >= 0.3 is 5.69 Å². The van der Waals surface area contributed by atoms with E-state index >= 15 is 0 Å². The van der Waals surface area contributed by atoms with E-state index in [1.807, 2.05) is 36.1 Å². The van der Waals surface area contributed by atoms with Crippen molar-refractivity contribution in [3.05, 3.63) is 46.1 Å². The smallest absolute Gasteiger partial charge is 0.346 e. The fourth-order valence-corrected chi connectivity index (χ4v) is 3.79. The van der Waals surface area contributed by atoms with Gasteiger partial charge in [-0.1, -0.05) is 19.1 Å². The van der Waals surface area contributed by atoms with E-state index in [1.54, 1.807) is 11.7 Å². The Bertz CT molecular complexity index is 877. The number of fused-ring (bicyclic) bond motifs is 1. The van der Waals surface area contributed by atoms with E-state index in [4.69, 9.17) is 4.74 Å². The monoisotopic (exact) mass is 356 g/mol. The number of nitrogens with zero attached hydrogens (tertiary/aromatic N) is 4. The second kappa shape index (κ2) is 6.30. The average Bonchev–Trinajstić information content (AvgIpc) is 3.43. The largest absolute Gasteiger partial charge is 0.497 e. The standard InChI is InChI=1S/C19H24N4O3/c1-3-10-23-18(25)22-12-11-21(13-16(22)20-23)17(24)19(8-9-19)14-4-6-15(26-2)7-5-14/h4-7H,3,8-13H2,1-2H3. The number of carbonyl (C=O) groups is 1. The predicted molar refractivity (Wildman–Crippen MR) is 96.1 cm³/mol. The molecule has 138 valence electrons. The topological polar surface area (TPSA) is 69.4 Å². The number of aromatic nitrogens is 3. The maximum atomic E-state index is 13.2. The van der Waals surface area contributed by atoms with E-state index in [-0.39, 0.29) is 11.6 Å². The van der Waals surface area contributed by atoms with E-state index in [0.29, 0.717) is 32.0 Å². The van der Waals surface area contributed by atoms with Crippen molar-refractivity contribution >= 4 is 5.91 Å². The summed E-state index contributed by atoms with van der Waals surface area (Å²) in [6.45, 7) is 4.11. The summed E-state index contributed by atoms with van der Waals surface area (Å²) < 4.78 is 8.43. The van der Waals surface area contributed by atoms with E-state index in [1.165, 1.54) is 4.68 Å². The van der Waals surface area contributed by atoms with Crippen LogP contribution in [0.1, 0.15) is 37.6 Å². The number of benzene rings is 1. The van der Waals surface area contributed by atoms with E-state index in [0.717, 1.165) is 30.6 Å². The highest BCUT2D eigenvalue weighted by Crippen LogP contribution is 2.50. The summed E-state index contributed by atoms with van der Waals surface area (Å²) in [5.41, 5.74) is 0.564. The molecule has 2 aliphatic rings. The molecule has 26 heavy (non-hydrogen) atoms. The Balaban J connectivity index is 1.55. The van der Waals surface area contributed by atoms with Gasteiger partial charge in [0.25, 0.3) is 0 Å². The normalized spacial score (nSPS) is 17.7. The number of hydrogen-bond acceptors (Lipinski definition) is 4. The van der Waals surface area contributed by atoms with Crippen molar-refractivity contribution in [1.29, 1.82) is 0 Å². The summed E-state index contributed by atoms with van der Waals surface area (Å²) in [4.78, 5) is 27.4. The molecule has 1 aromatic carbocycles. The molecule has 4 rings (SSSR count). The zero-order chi connectivity index (χ0) is 18.3. The molecule has 0 bridgehead atoms. The Morgan fingerprint density at radius 3 is 2.58 bits per heavy atom. The van der Waals surface area contributed by atoms with Crippen LogP contribution in [0.5, 0.6) is 5.75 Å². The van der Waals surface area contributed by atoms with Gasteiger partial charge in [-0.3, -0.25) is 9.36 Å². The molecule has 0 N–H and O–H groups in total. The van der Waals surface area contributed by atoms with Crippen LogP contribution < -0.4 is 10.4 Å². The molecule has 1 aliphatic carbocycles. The lowest BCUT2D eigenvalue weighted by Crippen LogP contribution is -2.45. The van der Waals surface area contributed by atoms with Gasteiger partial charge in [0.1, 0.15) is 5.75 Å². The lowest BCUT2D eigenvalue weighted by atomic mass is 9.94. The fourth-order valence-electron chi connectivity index (χ4n) is 3.79. The molecular weight excluding hydrogens is 332 g/mol. The first kappa shape index (κ1) is 16.9. The van der Waals surface area contributed by atoms with Gasteiger partial charge in [0.05, 0.1) is 19.1 Å². The molecule has 0 spiro atoms. The predicted octanol–water partition coefficient (Wildman–Crippen LogP) is 1.54. The summed E-state index contributed by atoms with van der Waals surface area (Å²) in [6.07, 6.45) is 2.59. The first-order valence-electron chi connectivity index (χ1n) is 9.19. The molecule has 1 aliphatic heterocycles. The minimum Gasteiger partial charge on any atom is -0.497 e. The zero-order valence-electron chi connectivity index (χ0n) is 15.3. The molecular formula is C19H24N4O3. The number of hydrogen-bond donors (Lipinski definition) is 0. The van der Waals surface area contributed by atoms with Gasteiger partial charge in [-0.2, -0.15) is 5.10 Å². The van der Waals surface area contributed by atoms with Gasteiger partial charge in [-0.25, -0.2) is 9.48 Å². The molecule has 7 nitrogen and oxygen atoms in total.